The van der Waals surface area contributed by atoms with E-state index in [0.29, 0.717) is 0 Å². The van der Waals surface area contributed by atoms with Crippen molar-refractivity contribution in [1.29, 1.82) is 0 Å². The van der Waals surface area contributed by atoms with E-state index < -0.39 is 0 Å². The highest BCUT2D eigenvalue weighted by Crippen LogP contribution is 2.31. The van der Waals surface area contributed by atoms with Crippen LogP contribution in [-0.4, -0.2) is 0 Å². The zero-order valence-electron chi connectivity index (χ0n) is 15.7. The van der Waals surface area contributed by atoms with Gasteiger partial charge in [-0.15, -0.1) is 0 Å². The van der Waals surface area contributed by atoms with Crippen molar-refractivity contribution in [3.05, 3.63) is 53.0 Å². The van der Waals surface area contributed by atoms with Crippen LogP contribution in [0.5, 0.6) is 0 Å². The third-order valence-electron chi connectivity index (χ3n) is 4.41. The van der Waals surface area contributed by atoms with Gasteiger partial charge in [-0.25, -0.2) is 8.96 Å². The number of hydrogen-bond donors (Lipinski definition) is 0. The molecule has 0 N–H and O–H groups in total. The van der Waals surface area contributed by atoms with Crippen LogP contribution in [0.4, 0.5) is 4.39 Å². The second-order valence-electron chi connectivity index (χ2n) is 8.56. The van der Waals surface area contributed by atoms with Crippen molar-refractivity contribution in [2.45, 2.75) is 59.3 Å². The van der Waals surface area contributed by atoms with E-state index in [1.807, 2.05) is 38.6 Å². The molecule has 124 valence electrons. The van der Waals surface area contributed by atoms with Crippen LogP contribution < -0.4 is 4.57 Å². The molecular weight excluding hydrogens is 285 g/mol. The van der Waals surface area contributed by atoms with Gasteiger partial charge in [0.1, 0.15) is 12.9 Å². The van der Waals surface area contributed by atoms with Crippen LogP contribution in [0.3, 0.4) is 0 Å². The predicted molar refractivity (Wildman–Crippen MR) is 95.1 cm³/mol. The summed E-state index contributed by atoms with van der Waals surface area (Å²) in [6.45, 7) is 14.8. The summed E-state index contributed by atoms with van der Waals surface area (Å²) >= 11 is 0. The molecule has 1 heterocycles. The Kier molecular flexibility index (Phi) is 4.40. The van der Waals surface area contributed by atoms with E-state index in [1.54, 1.807) is 6.07 Å². The molecule has 0 atom stereocenters. The first-order chi connectivity index (χ1) is 10.4. The summed E-state index contributed by atoms with van der Waals surface area (Å²) in [7, 11) is 1.99. The van der Waals surface area contributed by atoms with E-state index in [-0.39, 0.29) is 16.6 Å². The van der Waals surface area contributed by atoms with Crippen molar-refractivity contribution in [3.63, 3.8) is 0 Å². The molecular formula is C21H29FN+. The van der Waals surface area contributed by atoms with Gasteiger partial charge >= 0.3 is 0 Å². The highest BCUT2D eigenvalue weighted by Gasteiger charge is 2.26. The maximum atomic E-state index is 14.7. The van der Waals surface area contributed by atoms with Gasteiger partial charge in [0, 0.05) is 11.6 Å². The van der Waals surface area contributed by atoms with Crippen LogP contribution in [0.25, 0.3) is 11.3 Å². The predicted octanol–water partition coefficient (Wildman–Crippen LogP) is 5.22. The number of aryl methyl sites for hydroxylation is 2. The average Bonchev–Trinajstić information content (AvgIpc) is 2.39. The Morgan fingerprint density at radius 1 is 0.913 bits per heavy atom. The number of pyridine rings is 1. The molecule has 0 aliphatic heterocycles. The van der Waals surface area contributed by atoms with Gasteiger partial charge in [-0.05, 0) is 34.9 Å². The van der Waals surface area contributed by atoms with Crippen LogP contribution >= 0.6 is 0 Å². The average molecular weight is 314 g/mol. The maximum absolute atomic E-state index is 14.7. The van der Waals surface area contributed by atoms with Gasteiger partial charge in [0.2, 0.25) is 5.69 Å². The first-order valence-corrected chi connectivity index (χ1v) is 8.22. The Morgan fingerprint density at radius 2 is 1.52 bits per heavy atom. The van der Waals surface area contributed by atoms with Gasteiger partial charge in [0.25, 0.3) is 0 Å². The van der Waals surface area contributed by atoms with Crippen LogP contribution in [0.1, 0.15) is 58.2 Å². The van der Waals surface area contributed by atoms with Gasteiger partial charge < -0.3 is 0 Å². The summed E-state index contributed by atoms with van der Waals surface area (Å²) in [4.78, 5) is 0. The molecule has 0 saturated heterocycles. The lowest BCUT2D eigenvalue weighted by atomic mass is 9.84. The third kappa shape index (κ3) is 3.63. The first kappa shape index (κ1) is 17.7. The van der Waals surface area contributed by atoms with Crippen LogP contribution in [0, 0.1) is 12.7 Å². The molecule has 0 aliphatic rings. The SMILES string of the molecule is Cc1ccc(C(C)(C)C)cc1-c1cc(F)c(C(C)(C)C)c[n+]1C. The van der Waals surface area contributed by atoms with E-state index in [4.69, 9.17) is 0 Å². The minimum atomic E-state index is -0.206. The lowest BCUT2D eigenvalue weighted by molar-refractivity contribution is -0.661. The molecule has 1 aromatic carbocycles. The van der Waals surface area contributed by atoms with E-state index in [2.05, 4.69) is 45.9 Å². The summed E-state index contributed by atoms with van der Waals surface area (Å²) in [6, 6.07) is 8.17. The summed E-state index contributed by atoms with van der Waals surface area (Å²) in [6.07, 6.45) is 1.92. The fraction of sp³-hybridized carbons (Fsp3) is 0.476. The third-order valence-corrected chi connectivity index (χ3v) is 4.41. The van der Waals surface area contributed by atoms with E-state index in [1.165, 1.54) is 5.56 Å². The standard InChI is InChI=1S/C21H29FN/c1-14-9-10-15(20(2,3)4)11-16(14)19-12-18(22)17(13-23(19)8)21(5,6)7/h9-13H,1-8H3/q+1. The Hall–Kier alpha value is -1.70. The molecule has 0 saturated carbocycles. The lowest BCUT2D eigenvalue weighted by Crippen LogP contribution is -2.34. The van der Waals surface area contributed by atoms with Crippen LogP contribution in [-0.2, 0) is 17.9 Å². The molecule has 2 rings (SSSR count). The fourth-order valence-corrected chi connectivity index (χ4v) is 2.81. The fourth-order valence-electron chi connectivity index (χ4n) is 2.81. The molecule has 0 bridgehead atoms. The molecule has 1 aromatic heterocycles. The smallest absolute Gasteiger partial charge is 0.206 e. The minimum absolute atomic E-state index is 0.0743. The second-order valence-corrected chi connectivity index (χ2v) is 8.56. The monoisotopic (exact) mass is 314 g/mol. The number of halogens is 1. The summed E-state index contributed by atoms with van der Waals surface area (Å²) < 4.78 is 16.7. The van der Waals surface area contributed by atoms with Crippen molar-refractivity contribution in [3.8, 4) is 11.3 Å². The van der Waals surface area contributed by atoms with Gasteiger partial charge in [0.15, 0.2) is 6.20 Å². The van der Waals surface area contributed by atoms with Gasteiger partial charge in [0.05, 0.1) is 5.56 Å². The Morgan fingerprint density at radius 3 is 2.04 bits per heavy atom. The minimum Gasteiger partial charge on any atom is -0.206 e. The first-order valence-electron chi connectivity index (χ1n) is 8.22. The van der Waals surface area contributed by atoms with Crippen molar-refractivity contribution in [1.82, 2.24) is 0 Å². The van der Waals surface area contributed by atoms with Crippen LogP contribution in [0.2, 0.25) is 0 Å². The summed E-state index contributed by atoms with van der Waals surface area (Å²) in [5, 5.41) is 0. The van der Waals surface area contributed by atoms with Gasteiger partial charge in [-0.2, -0.15) is 0 Å². The van der Waals surface area contributed by atoms with Gasteiger partial charge in [-0.1, -0.05) is 53.7 Å². The Labute approximate surface area is 140 Å². The zero-order valence-corrected chi connectivity index (χ0v) is 15.7. The van der Waals surface area contributed by atoms with Gasteiger partial charge in [-0.3, -0.25) is 0 Å². The van der Waals surface area contributed by atoms with Crippen molar-refractivity contribution < 1.29 is 8.96 Å². The van der Waals surface area contributed by atoms with E-state index in [0.717, 1.165) is 22.4 Å². The molecule has 0 unspecified atom stereocenters. The highest BCUT2D eigenvalue weighted by atomic mass is 19.1. The second kappa shape index (κ2) is 5.74. The normalized spacial score (nSPS) is 12.6. The summed E-state index contributed by atoms with van der Waals surface area (Å²) in [5.74, 6) is -0.133. The topological polar surface area (TPSA) is 3.88 Å². The summed E-state index contributed by atoms with van der Waals surface area (Å²) in [5.41, 5.74) is 5.05. The number of aromatic nitrogens is 1. The Balaban J connectivity index is 2.66. The van der Waals surface area contributed by atoms with E-state index >= 15 is 0 Å². The van der Waals surface area contributed by atoms with Crippen molar-refractivity contribution in [2.24, 2.45) is 7.05 Å². The zero-order chi connectivity index (χ0) is 17.6. The number of rotatable bonds is 1. The Bertz CT molecular complexity index is 731. The number of hydrogen-bond acceptors (Lipinski definition) is 0. The van der Waals surface area contributed by atoms with Crippen LogP contribution in [0.15, 0.2) is 30.5 Å². The van der Waals surface area contributed by atoms with Crippen molar-refractivity contribution >= 4 is 0 Å². The molecule has 0 spiro atoms. The molecule has 0 radical (unpaired) electrons. The molecule has 0 amide bonds. The molecule has 0 fully saturated rings. The maximum Gasteiger partial charge on any atom is 0.215 e. The van der Waals surface area contributed by atoms with Crippen molar-refractivity contribution in [2.75, 3.05) is 0 Å². The quantitative estimate of drug-likeness (QED) is 0.635. The highest BCUT2D eigenvalue weighted by molar-refractivity contribution is 5.63. The largest absolute Gasteiger partial charge is 0.215 e. The molecule has 0 aliphatic carbocycles. The number of benzene rings is 1. The molecule has 2 heteroatoms. The lowest BCUT2D eigenvalue weighted by Gasteiger charge is -2.21. The molecule has 2 aromatic rings. The number of nitrogens with zero attached hydrogens (tertiary/aromatic N) is 1. The van der Waals surface area contributed by atoms with E-state index in [9.17, 15) is 4.39 Å². The molecule has 1 nitrogen and oxygen atoms in total. The molecule has 23 heavy (non-hydrogen) atoms.